The second-order valence-corrected chi connectivity index (χ2v) is 10.5. The minimum absolute atomic E-state index is 0.0533. The summed E-state index contributed by atoms with van der Waals surface area (Å²) in [6.07, 6.45) is 4.47. The van der Waals surface area contributed by atoms with Crippen molar-refractivity contribution in [3.05, 3.63) is 82.8 Å². The molecule has 4 aromatic rings. The average molecular weight is 534 g/mol. The molecule has 2 aromatic carbocycles. The molecule has 0 bridgehead atoms. The number of halogens is 1. The van der Waals surface area contributed by atoms with Gasteiger partial charge < -0.3 is 14.7 Å². The van der Waals surface area contributed by atoms with Crippen LogP contribution in [0.15, 0.2) is 65.8 Å². The van der Waals surface area contributed by atoms with Crippen LogP contribution >= 0.6 is 0 Å². The summed E-state index contributed by atoms with van der Waals surface area (Å²) >= 11 is 0. The molecule has 1 aliphatic heterocycles. The van der Waals surface area contributed by atoms with Crippen LogP contribution in [0.3, 0.4) is 0 Å². The molecule has 1 aliphatic rings. The molecule has 0 radical (unpaired) electrons. The van der Waals surface area contributed by atoms with E-state index in [1.807, 2.05) is 24.3 Å². The summed E-state index contributed by atoms with van der Waals surface area (Å²) in [4.78, 5) is 32.2. The molecule has 2 aromatic heterocycles. The Morgan fingerprint density at radius 2 is 1.90 bits per heavy atom. The van der Waals surface area contributed by atoms with Crippen molar-refractivity contribution < 1.29 is 19.0 Å². The predicted molar refractivity (Wildman–Crippen MR) is 145 cm³/mol. The smallest absolute Gasteiger partial charge is 0.264 e. The lowest BCUT2D eigenvalue weighted by Crippen LogP contribution is -2.49. The first-order valence-corrected chi connectivity index (χ1v) is 13.2. The van der Waals surface area contributed by atoms with E-state index < -0.39 is 11.4 Å². The zero-order chi connectivity index (χ0) is 27.6. The van der Waals surface area contributed by atoms with E-state index in [-0.39, 0.29) is 18.0 Å². The van der Waals surface area contributed by atoms with E-state index in [0.717, 1.165) is 17.9 Å². The van der Waals surface area contributed by atoms with Crippen LogP contribution in [0.25, 0.3) is 16.7 Å². The van der Waals surface area contributed by atoms with E-state index in [4.69, 9.17) is 4.74 Å². The van der Waals surface area contributed by atoms with Gasteiger partial charge in [-0.2, -0.15) is 5.10 Å². The molecule has 0 aliphatic carbocycles. The zero-order valence-electron chi connectivity index (χ0n) is 22.1. The van der Waals surface area contributed by atoms with Crippen molar-refractivity contribution in [3.63, 3.8) is 0 Å². The van der Waals surface area contributed by atoms with Crippen LogP contribution in [0.1, 0.15) is 43.5 Å². The van der Waals surface area contributed by atoms with E-state index in [1.165, 1.54) is 41.4 Å². The van der Waals surface area contributed by atoms with E-state index in [0.29, 0.717) is 55.1 Å². The maximum absolute atomic E-state index is 13.3. The second-order valence-electron chi connectivity index (χ2n) is 10.5. The molecular weight excluding hydrogens is 501 g/mol. The minimum atomic E-state index is -1.17. The van der Waals surface area contributed by atoms with E-state index in [2.05, 4.69) is 23.9 Å². The van der Waals surface area contributed by atoms with E-state index in [1.54, 1.807) is 9.58 Å². The van der Waals surface area contributed by atoms with Crippen LogP contribution in [-0.4, -0.2) is 60.5 Å². The molecule has 0 saturated carbocycles. The number of hydrogen-bond donors (Lipinski definition) is 1. The summed E-state index contributed by atoms with van der Waals surface area (Å²) in [6, 6.07) is 12.9. The number of benzene rings is 2. The summed E-state index contributed by atoms with van der Waals surface area (Å²) in [5.41, 5.74) is 0.0816. The number of ether oxygens (including phenoxy) is 1. The van der Waals surface area contributed by atoms with Gasteiger partial charge in [0.25, 0.3) is 11.5 Å². The van der Waals surface area contributed by atoms with Crippen molar-refractivity contribution in [1.82, 2.24) is 24.2 Å². The van der Waals surface area contributed by atoms with Gasteiger partial charge in [-0.1, -0.05) is 19.9 Å². The fourth-order valence-corrected chi connectivity index (χ4v) is 4.74. The van der Waals surface area contributed by atoms with Crippen LogP contribution in [0, 0.1) is 11.7 Å². The Balaban J connectivity index is 1.28. The highest BCUT2D eigenvalue weighted by Crippen LogP contribution is 2.26. The molecule has 5 rings (SSSR count). The van der Waals surface area contributed by atoms with Crippen LogP contribution < -0.4 is 10.3 Å². The van der Waals surface area contributed by atoms with Gasteiger partial charge in [-0.25, -0.2) is 14.1 Å². The van der Waals surface area contributed by atoms with Gasteiger partial charge in [-0.05, 0) is 61.6 Å². The Bertz CT molecular complexity index is 1520. The summed E-state index contributed by atoms with van der Waals surface area (Å²) in [7, 11) is 0. The molecule has 1 amide bonds. The lowest BCUT2D eigenvalue weighted by Gasteiger charge is -2.38. The third-order valence-electron chi connectivity index (χ3n) is 7.12. The lowest BCUT2D eigenvalue weighted by molar-refractivity contribution is -0.0299. The van der Waals surface area contributed by atoms with Crippen LogP contribution in [-0.2, 0) is 6.54 Å². The number of aromatic nitrogens is 4. The third-order valence-corrected chi connectivity index (χ3v) is 7.12. The fourth-order valence-electron chi connectivity index (χ4n) is 4.74. The number of carbonyl (C=O) groups is 1. The molecule has 1 N–H and O–H groups in total. The number of hydrogen-bond acceptors (Lipinski definition) is 6. The molecule has 0 spiro atoms. The van der Waals surface area contributed by atoms with Gasteiger partial charge >= 0.3 is 0 Å². The highest BCUT2D eigenvalue weighted by atomic mass is 19.1. The number of carbonyl (C=O) groups excluding carboxylic acids is 1. The van der Waals surface area contributed by atoms with Gasteiger partial charge in [0.2, 0.25) is 0 Å². The summed E-state index contributed by atoms with van der Waals surface area (Å²) < 4.78 is 22.1. The lowest BCUT2D eigenvalue weighted by atomic mass is 9.91. The number of fused-ring (bicyclic) bond motifs is 1. The average Bonchev–Trinajstić information content (AvgIpc) is 3.36. The van der Waals surface area contributed by atoms with Gasteiger partial charge in [-0.15, -0.1) is 0 Å². The second kappa shape index (κ2) is 11.0. The van der Waals surface area contributed by atoms with Crippen LogP contribution in [0.2, 0.25) is 0 Å². The van der Waals surface area contributed by atoms with Crippen molar-refractivity contribution in [2.24, 2.45) is 5.92 Å². The summed E-state index contributed by atoms with van der Waals surface area (Å²) in [5.74, 6) is 0.653. The highest BCUT2D eigenvalue weighted by molar-refractivity contribution is 5.94. The first-order valence-electron chi connectivity index (χ1n) is 13.2. The number of aliphatic hydroxyl groups is 1. The number of amides is 1. The molecule has 204 valence electrons. The van der Waals surface area contributed by atoms with Gasteiger partial charge in [0.1, 0.15) is 23.3 Å². The number of likely N-dealkylation sites (tertiary alicyclic amines) is 1. The van der Waals surface area contributed by atoms with Gasteiger partial charge in [0, 0.05) is 24.7 Å². The molecule has 1 fully saturated rings. The molecule has 3 heterocycles. The van der Waals surface area contributed by atoms with Crippen molar-refractivity contribution in [2.75, 3.05) is 19.7 Å². The first-order chi connectivity index (χ1) is 18.7. The standard InChI is InChI=1S/C29H32FN5O4/c1-20(2)10-15-39-24-5-3-4-23(16-24)35-26-25(17-32-35)28(37)34(19-31-26)18-29(38)11-13-33(14-12-29)27(36)21-6-8-22(30)9-7-21/h3-9,16-17,19-20,38H,10-15,18H2,1-2H3. The largest absolute Gasteiger partial charge is 0.494 e. The van der Waals surface area contributed by atoms with Crippen molar-refractivity contribution >= 4 is 16.9 Å². The molecule has 0 atom stereocenters. The van der Waals surface area contributed by atoms with Crippen molar-refractivity contribution in [1.29, 1.82) is 0 Å². The maximum Gasteiger partial charge on any atom is 0.264 e. The Morgan fingerprint density at radius 1 is 1.15 bits per heavy atom. The molecule has 9 nitrogen and oxygen atoms in total. The topological polar surface area (TPSA) is 102 Å². The fraction of sp³-hybridized carbons (Fsp3) is 0.379. The van der Waals surface area contributed by atoms with Gasteiger partial charge in [-0.3, -0.25) is 14.2 Å². The predicted octanol–water partition coefficient (Wildman–Crippen LogP) is 3.81. The van der Waals surface area contributed by atoms with E-state index in [9.17, 15) is 19.1 Å². The zero-order valence-corrected chi connectivity index (χ0v) is 22.1. The van der Waals surface area contributed by atoms with Crippen molar-refractivity contribution in [2.45, 2.75) is 45.3 Å². The SMILES string of the molecule is CC(C)CCOc1cccc(-n2ncc3c(=O)n(CC4(O)CCN(C(=O)c5ccc(F)cc5)CC4)cnc32)c1. The Morgan fingerprint density at radius 3 is 2.62 bits per heavy atom. The van der Waals surface area contributed by atoms with Crippen LogP contribution in [0.4, 0.5) is 4.39 Å². The van der Waals surface area contributed by atoms with E-state index >= 15 is 0 Å². The van der Waals surface area contributed by atoms with Gasteiger partial charge in [0.05, 0.1) is 30.6 Å². The Labute approximate surface area is 225 Å². The normalized spacial score (nSPS) is 15.2. The monoisotopic (exact) mass is 533 g/mol. The Hall–Kier alpha value is -4.05. The summed E-state index contributed by atoms with van der Waals surface area (Å²) in [5, 5.41) is 16.0. The first kappa shape index (κ1) is 26.6. The van der Waals surface area contributed by atoms with Crippen molar-refractivity contribution in [3.8, 4) is 11.4 Å². The highest BCUT2D eigenvalue weighted by Gasteiger charge is 2.35. The molecule has 39 heavy (non-hydrogen) atoms. The van der Waals surface area contributed by atoms with Crippen LogP contribution in [0.5, 0.6) is 5.75 Å². The third kappa shape index (κ3) is 5.85. The molecule has 10 heteroatoms. The Kier molecular flexibility index (Phi) is 7.47. The molecule has 1 saturated heterocycles. The maximum atomic E-state index is 13.3. The minimum Gasteiger partial charge on any atom is -0.494 e. The number of piperidine rings is 1. The molecule has 0 unspecified atom stereocenters. The molecular formula is C29H32FN5O4. The quantitative estimate of drug-likeness (QED) is 0.370. The number of nitrogens with zero attached hydrogens (tertiary/aromatic N) is 5. The summed E-state index contributed by atoms with van der Waals surface area (Å²) in [6.45, 7) is 5.61. The number of rotatable bonds is 8. The van der Waals surface area contributed by atoms with Gasteiger partial charge in [0.15, 0.2) is 5.65 Å².